The van der Waals surface area contributed by atoms with Crippen LogP contribution in [-0.2, 0) is 0 Å². The number of hydrogen-bond acceptors (Lipinski definition) is 2. The summed E-state index contributed by atoms with van der Waals surface area (Å²) in [5.74, 6) is 0.870. The first-order valence-electron chi connectivity index (χ1n) is 3.24. The first-order chi connectivity index (χ1) is 5.74. The second kappa shape index (κ2) is 5.04. The van der Waals surface area contributed by atoms with Crippen LogP contribution in [0.15, 0.2) is 21.8 Å². The Bertz CT molecular complexity index is 272. The molecule has 1 aromatic heterocycles. The van der Waals surface area contributed by atoms with E-state index in [1.807, 2.05) is 0 Å². The molecule has 0 bridgehead atoms. The maximum Gasteiger partial charge on any atom is 0.156 e. The summed E-state index contributed by atoms with van der Waals surface area (Å²) in [7, 11) is 0. The maximum atomic E-state index is 13.0. The van der Waals surface area contributed by atoms with Gasteiger partial charge in [-0.1, -0.05) is 0 Å². The minimum atomic E-state index is -0.306. The van der Waals surface area contributed by atoms with Gasteiger partial charge in [0.2, 0.25) is 0 Å². The number of halogens is 3. The van der Waals surface area contributed by atoms with E-state index in [0.717, 1.165) is 0 Å². The molecule has 0 aliphatic heterocycles. The van der Waals surface area contributed by atoms with Crippen molar-refractivity contribution in [2.75, 3.05) is 11.6 Å². The third kappa shape index (κ3) is 2.92. The van der Waals surface area contributed by atoms with Crippen molar-refractivity contribution in [3.63, 3.8) is 0 Å². The Hall–Kier alpha value is 0.200. The fourth-order valence-electron chi connectivity index (χ4n) is 0.643. The molecule has 1 rings (SSSR count). The van der Waals surface area contributed by atoms with Gasteiger partial charge in [0.05, 0.1) is 0 Å². The van der Waals surface area contributed by atoms with Crippen LogP contribution in [-0.4, -0.2) is 16.6 Å². The van der Waals surface area contributed by atoms with Crippen molar-refractivity contribution in [2.45, 2.75) is 5.03 Å². The number of thioether (sulfide) groups is 1. The second-order valence-corrected chi connectivity index (χ2v) is 4.36. The highest BCUT2D eigenvalue weighted by Gasteiger charge is 2.03. The van der Waals surface area contributed by atoms with Crippen LogP contribution in [0.3, 0.4) is 0 Å². The Kier molecular flexibility index (Phi) is 4.32. The molecule has 0 fully saturated rings. The van der Waals surface area contributed by atoms with Gasteiger partial charge in [-0.3, -0.25) is 0 Å². The highest BCUT2D eigenvalue weighted by atomic mass is 79.9. The van der Waals surface area contributed by atoms with Gasteiger partial charge < -0.3 is 0 Å². The summed E-state index contributed by atoms with van der Waals surface area (Å²) in [5.41, 5.74) is 0. The summed E-state index contributed by atoms with van der Waals surface area (Å²) in [6, 6.07) is 1.39. The van der Waals surface area contributed by atoms with Crippen LogP contribution in [0.5, 0.6) is 0 Å². The SMILES string of the molecule is Fc1cc(Br)cnc1SCCCl. The Balaban J connectivity index is 2.72. The van der Waals surface area contributed by atoms with Crippen LogP contribution in [0.2, 0.25) is 0 Å². The third-order valence-corrected chi connectivity index (χ3v) is 2.92. The number of pyridine rings is 1. The van der Waals surface area contributed by atoms with Crippen LogP contribution in [0.25, 0.3) is 0 Å². The largest absolute Gasteiger partial charge is 0.246 e. The Morgan fingerprint density at radius 2 is 2.42 bits per heavy atom. The van der Waals surface area contributed by atoms with Gasteiger partial charge in [0.25, 0.3) is 0 Å². The highest BCUT2D eigenvalue weighted by molar-refractivity contribution is 9.10. The van der Waals surface area contributed by atoms with Gasteiger partial charge in [0, 0.05) is 22.3 Å². The topological polar surface area (TPSA) is 12.9 Å². The average Bonchev–Trinajstić information content (AvgIpc) is 2.03. The molecule has 0 atom stereocenters. The molecular formula is C7H6BrClFNS. The zero-order valence-corrected chi connectivity index (χ0v) is 9.22. The number of rotatable bonds is 3. The number of hydrogen-bond donors (Lipinski definition) is 0. The molecule has 1 aromatic rings. The molecule has 0 aliphatic carbocycles. The summed E-state index contributed by atoms with van der Waals surface area (Å²) in [5, 5.41) is 0.402. The first kappa shape index (κ1) is 10.3. The molecule has 0 saturated heterocycles. The van der Waals surface area contributed by atoms with E-state index in [9.17, 15) is 4.39 Å². The quantitative estimate of drug-likeness (QED) is 0.617. The summed E-state index contributed by atoms with van der Waals surface area (Å²) in [4.78, 5) is 3.90. The van der Waals surface area contributed by atoms with Crippen LogP contribution < -0.4 is 0 Å². The van der Waals surface area contributed by atoms with E-state index in [1.165, 1.54) is 17.8 Å². The van der Waals surface area contributed by atoms with E-state index in [0.29, 0.717) is 21.1 Å². The lowest BCUT2D eigenvalue weighted by Gasteiger charge is -1.99. The predicted octanol–water partition coefficient (Wildman–Crippen LogP) is 3.31. The van der Waals surface area contributed by atoms with Crippen molar-refractivity contribution in [1.82, 2.24) is 4.98 Å². The van der Waals surface area contributed by atoms with Crippen LogP contribution in [0.4, 0.5) is 4.39 Å². The minimum Gasteiger partial charge on any atom is -0.246 e. The van der Waals surface area contributed by atoms with Gasteiger partial charge in [0.15, 0.2) is 5.82 Å². The van der Waals surface area contributed by atoms with E-state index in [2.05, 4.69) is 20.9 Å². The fourth-order valence-corrected chi connectivity index (χ4v) is 1.77. The van der Waals surface area contributed by atoms with Crippen molar-refractivity contribution in [1.29, 1.82) is 0 Å². The van der Waals surface area contributed by atoms with Gasteiger partial charge in [-0.2, -0.15) is 0 Å². The molecule has 66 valence electrons. The smallest absolute Gasteiger partial charge is 0.156 e. The normalized spacial score (nSPS) is 10.2. The van der Waals surface area contributed by atoms with Gasteiger partial charge in [0.1, 0.15) is 5.03 Å². The number of aromatic nitrogens is 1. The van der Waals surface area contributed by atoms with E-state index in [-0.39, 0.29) is 5.82 Å². The molecule has 5 heteroatoms. The van der Waals surface area contributed by atoms with Crippen LogP contribution >= 0.6 is 39.3 Å². The zero-order valence-electron chi connectivity index (χ0n) is 6.06. The molecule has 0 amide bonds. The molecule has 1 heterocycles. The lowest BCUT2D eigenvalue weighted by atomic mass is 10.5. The Labute approximate surface area is 87.8 Å². The molecule has 0 radical (unpaired) electrons. The average molecular weight is 271 g/mol. The Morgan fingerprint density at radius 3 is 3.00 bits per heavy atom. The van der Waals surface area contributed by atoms with Gasteiger partial charge in [-0.05, 0) is 22.0 Å². The van der Waals surface area contributed by atoms with Crippen LogP contribution in [0.1, 0.15) is 0 Å². The fraction of sp³-hybridized carbons (Fsp3) is 0.286. The Morgan fingerprint density at radius 1 is 1.67 bits per heavy atom. The molecule has 0 unspecified atom stereocenters. The third-order valence-electron chi connectivity index (χ3n) is 1.09. The highest BCUT2D eigenvalue weighted by Crippen LogP contribution is 2.21. The lowest BCUT2D eigenvalue weighted by Crippen LogP contribution is -1.88. The molecular weight excluding hydrogens is 265 g/mol. The first-order valence-corrected chi connectivity index (χ1v) is 5.55. The molecule has 1 nitrogen and oxygen atoms in total. The molecule has 0 aliphatic rings. The predicted molar refractivity (Wildman–Crippen MR) is 53.3 cm³/mol. The van der Waals surface area contributed by atoms with Crippen molar-refractivity contribution < 1.29 is 4.39 Å². The maximum absolute atomic E-state index is 13.0. The van der Waals surface area contributed by atoms with E-state index >= 15 is 0 Å². The summed E-state index contributed by atoms with van der Waals surface area (Å²) in [6.45, 7) is 0. The van der Waals surface area contributed by atoms with Gasteiger partial charge in [-0.15, -0.1) is 23.4 Å². The van der Waals surface area contributed by atoms with Crippen molar-refractivity contribution in [3.8, 4) is 0 Å². The van der Waals surface area contributed by atoms with E-state index in [4.69, 9.17) is 11.6 Å². The number of alkyl halides is 1. The standard InChI is InChI=1S/C7H6BrClFNS/c8-5-3-6(10)7(11-4-5)12-2-1-9/h3-4H,1-2H2. The number of nitrogens with zero attached hydrogens (tertiary/aromatic N) is 1. The zero-order chi connectivity index (χ0) is 8.97. The summed E-state index contributed by atoms with van der Waals surface area (Å²) >= 11 is 9.90. The van der Waals surface area contributed by atoms with E-state index in [1.54, 1.807) is 6.20 Å². The molecule has 0 aromatic carbocycles. The minimum absolute atomic E-state index is 0.306. The van der Waals surface area contributed by atoms with Crippen molar-refractivity contribution in [3.05, 3.63) is 22.6 Å². The molecule has 0 spiro atoms. The van der Waals surface area contributed by atoms with E-state index < -0.39 is 0 Å². The summed E-state index contributed by atoms with van der Waals surface area (Å²) in [6.07, 6.45) is 1.57. The van der Waals surface area contributed by atoms with Gasteiger partial charge in [-0.25, -0.2) is 9.37 Å². The second-order valence-electron chi connectivity index (χ2n) is 1.98. The monoisotopic (exact) mass is 269 g/mol. The van der Waals surface area contributed by atoms with Crippen LogP contribution in [0, 0.1) is 5.82 Å². The van der Waals surface area contributed by atoms with Crippen molar-refractivity contribution in [2.24, 2.45) is 0 Å². The van der Waals surface area contributed by atoms with Crippen molar-refractivity contribution >= 4 is 39.3 Å². The molecule has 12 heavy (non-hydrogen) atoms. The van der Waals surface area contributed by atoms with Gasteiger partial charge >= 0.3 is 0 Å². The molecule has 0 saturated carbocycles. The lowest BCUT2D eigenvalue weighted by molar-refractivity contribution is 0.586. The summed E-state index contributed by atoms with van der Waals surface area (Å²) < 4.78 is 13.7. The molecule has 0 N–H and O–H groups in total.